The number of carbonyl (C=O) groups excluding carboxylic acids is 1. The van der Waals surface area contributed by atoms with Crippen molar-refractivity contribution < 1.29 is 4.79 Å². The van der Waals surface area contributed by atoms with Crippen molar-refractivity contribution in [3.05, 3.63) is 71.6 Å². The molecule has 2 aromatic heterocycles. The van der Waals surface area contributed by atoms with Crippen LogP contribution in [0.2, 0.25) is 5.02 Å². The summed E-state index contributed by atoms with van der Waals surface area (Å²) in [6, 6.07) is 13.5. The molecule has 0 radical (unpaired) electrons. The minimum Gasteiger partial charge on any atom is -0.360 e. The van der Waals surface area contributed by atoms with E-state index in [1.165, 1.54) is 0 Å². The lowest BCUT2D eigenvalue weighted by Gasteiger charge is -2.06. The number of rotatable bonds is 3. The van der Waals surface area contributed by atoms with Crippen molar-refractivity contribution in [1.82, 2.24) is 15.0 Å². The molecule has 24 heavy (non-hydrogen) atoms. The Morgan fingerprint density at radius 3 is 2.46 bits per heavy atom. The minimum atomic E-state index is 0.559. The number of fused-ring (bicyclic) bond motifs is 1. The van der Waals surface area contributed by atoms with Gasteiger partial charge in [0.15, 0.2) is 6.29 Å². The summed E-state index contributed by atoms with van der Waals surface area (Å²) in [5, 5.41) is 1.38. The van der Waals surface area contributed by atoms with Crippen LogP contribution < -0.4 is 0 Å². The lowest BCUT2D eigenvalue weighted by atomic mass is 10.1. The average molecular weight is 334 g/mol. The van der Waals surface area contributed by atoms with Gasteiger partial charge in [0.1, 0.15) is 0 Å². The zero-order chi connectivity index (χ0) is 16.5. The van der Waals surface area contributed by atoms with Crippen molar-refractivity contribution in [2.75, 3.05) is 0 Å². The Morgan fingerprint density at radius 2 is 1.75 bits per heavy atom. The summed E-state index contributed by atoms with van der Waals surface area (Å²) in [6.07, 6.45) is 5.91. The Hall–Kier alpha value is -2.98. The van der Waals surface area contributed by atoms with Crippen molar-refractivity contribution in [2.45, 2.75) is 0 Å². The SMILES string of the molecule is O=Cc1c[nH]c2cc(Cl)c(-c3cnc(-c4ccccc4)cn3)cc12. The first-order chi connectivity index (χ1) is 11.8. The standard InChI is InChI=1S/C19H12ClN3O/c20-16-7-17-14(13(11-24)8-21-17)6-15(16)19-10-22-18(9-23-19)12-4-2-1-3-5-12/h1-11,21H. The molecular formula is C19H12ClN3O. The van der Waals surface area contributed by atoms with E-state index in [-0.39, 0.29) is 0 Å². The van der Waals surface area contributed by atoms with E-state index in [0.717, 1.165) is 34.0 Å². The van der Waals surface area contributed by atoms with Gasteiger partial charge in [0.25, 0.3) is 0 Å². The third-order valence-electron chi connectivity index (χ3n) is 3.93. The van der Waals surface area contributed by atoms with E-state index < -0.39 is 0 Å². The van der Waals surface area contributed by atoms with E-state index in [1.807, 2.05) is 36.4 Å². The fourth-order valence-electron chi connectivity index (χ4n) is 2.68. The Balaban J connectivity index is 1.79. The number of aldehydes is 1. The fourth-order valence-corrected chi connectivity index (χ4v) is 2.94. The number of carbonyl (C=O) groups is 1. The predicted octanol–water partition coefficient (Wildman–Crippen LogP) is 4.76. The Labute approximate surface area is 143 Å². The molecule has 0 aliphatic rings. The zero-order valence-electron chi connectivity index (χ0n) is 12.5. The number of hydrogen-bond acceptors (Lipinski definition) is 3. The van der Waals surface area contributed by atoms with Gasteiger partial charge in [-0.15, -0.1) is 0 Å². The third kappa shape index (κ3) is 2.47. The highest BCUT2D eigenvalue weighted by Gasteiger charge is 2.11. The van der Waals surface area contributed by atoms with Gasteiger partial charge in [0.2, 0.25) is 0 Å². The molecule has 1 N–H and O–H groups in total. The number of halogens is 1. The van der Waals surface area contributed by atoms with Crippen LogP contribution in [0.5, 0.6) is 0 Å². The summed E-state index contributed by atoms with van der Waals surface area (Å²) in [5.41, 5.74) is 4.63. The van der Waals surface area contributed by atoms with Gasteiger partial charge >= 0.3 is 0 Å². The van der Waals surface area contributed by atoms with Gasteiger partial charge in [0, 0.05) is 33.8 Å². The highest BCUT2D eigenvalue weighted by molar-refractivity contribution is 6.34. The molecule has 0 aliphatic heterocycles. The van der Waals surface area contributed by atoms with Crippen molar-refractivity contribution >= 4 is 28.8 Å². The number of H-pyrrole nitrogens is 1. The monoisotopic (exact) mass is 333 g/mol. The number of aromatic nitrogens is 3. The topological polar surface area (TPSA) is 58.6 Å². The average Bonchev–Trinajstić information content (AvgIpc) is 3.03. The molecule has 0 atom stereocenters. The summed E-state index contributed by atoms with van der Waals surface area (Å²) in [7, 11) is 0. The van der Waals surface area contributed by atoms with Crippen LogP contribution in [0.15, 0.2) is 61.1 Å². The lowest BCUT2D eigenvalue weighted by Crippen LogP contribution is -1.90. The summed E-state index contributed by atoms with van der Waals surface area (Å²) < 4.78 is 0. The summed E-state index contributed by atoms with van der Waals surface area (Å²) in [4.78, 5) is 23.1. The second kappa shape index (κ2) is 5.91. The molecule has 0 saturated heterocycles. The highest BCUT2D eigenvalue weighted by atomic mass is 35.5. The first kappa shape index (κ1) is 14.6. The van der Waals surface area contributed by atoms with Crippen molar-refractivity contribution in [3.8, 4) is 22.5 Å². The Morgan fingerprint density at radius 1 is 1.00 bits per heavy atom. The number of hydrogen-bond donors (Lipinski definition) is 1. The van der Waals surface area contributed by atoms with Crippen molar-refractivity contribution in [1.29, 1.82) is 0 Å². The zero-order valence-corrected chi connectivity index (χ0v) is 13.3. The largest absolute Gasteiger partial charge is 0.360 e. The first-order valence-corrected chi connectivity index (χ1v) is 7.78. The number of aromatic amines is 1. The molecule has 0 unspecified atom stereocenters. The van der Waals surface area contributed by atoms with Crippen LogP contribution in [0.25, 0.3) is 33.4 Å². The summed E-state index contributed by atoms with van der Waals surface area (Å²) in [5.74, 6) is 0. The predicted molar refractivity (Wildman–Crippen MR) is 95.2 cm³/mol. The van der Waals surface area contributed by atoms with Crippen LogP contribution in [-0.2, 0) is 0 Å². The van der Waals surface area contributed by atoms with Crippen molar-refractivity contribution in [3.63, 3.8) is 0 Å². The van der Waals surface area contributed by atoms with Crippen molar-refractivity contribution in [2.24, 2.45) is 0 Å². The maximum absolute atomic E-state index is 11.1. The van der Waals surface area contributed by atoms with Crippen LogP contribution in [0, 0.1) is 0 Å². The molecule has 0 bridgehead atoms. The molecule has 4 aromatic rings. The van der Waals surface area contributed by atoms with Crippen LogP contribution >= 0.6 is 11.6 Å². The van der Waals surface area contributed by atoms with E-state index in [9.17, 15) is 4.79 Å². The molecule has 4 nitrogen and oxygen atoms in total. The van der Waals surface area contributed by atoms with Crippen LogP contribution in [-0.4, -0.2) is 21.2 Å². The molecule has 4 rings (SSSR count). The molecule has 5 heteroatoms. The van der Waals surface area contributed by atoms with Crippen LogP contribution in [0.3, 0.4) is 0 Å². The molecule has 0 spiro atoms. The molecule has 116 valence electrons. The lowest BCUT2D eigenvalue weighted by molar-refractivity contribution is 0.112. The maximum atomic E-state index is 11.1. The molecule has 2 aromatic carbocycles. The summed E-state index contributed by atoms with van der Waals surface area (Å²) in [6.45, 7) is 0. The molecule has 0 saturated carbocycles. The van der Waals surface area contributed by atoms with Gasteiger partial charge in [-0.2, -0.15) is 0 Å². The van der Waals surface area contributed by atoms with E-state index in [2.05, 4.69) is 15.0 Å². The molecule has 0 amide bonds. The van der Waals surface area contributed by atoms with Gasteiger partial charge in [-0.3, -0.25) is 14.8 Å². The minimum absolute atomic E-state index is 0.559. The Kier molecular flexibility index (Phi) is 3.59. The van der Waals surface area contributed by atoms with Crippen LogP contribution in [0.1, 0.15) is 10.4 Å². The van der Waals surface area contributed by atoms with Crippen LogP contribution in [0.4, 0.5) is 0 Å². The molecule has 0 fully saturated rings. The van der Waals surface area contributed by atoms with Gasteiger partial charge in [-0.05, 0) is 12.1 Å². The molecular weight excluding hydrogens is 322 g/mol. The maximum Gasteiger partial charge on any atom is 0.152 e. The number of nitrogens with zero attached hydrogens (tertiary/aromatic N) is 2. The molecule has 2 heterocycles. The van der Waals surface area contributed by atoms with E-state index >= 15 is 0 Å². The Bertz CT molecular complexity index is 1020. The smallest absolute Gasteiger partial charge is 0.152 e. The third-order valence-corrected chi connectivity index (χ3v) is 4.24. The number of benzene rings is 2. The van der Waals surface area contributed by atoms with E-state index in [0.29, 0.717) is 16.3 Å². The van der Waals surface area contributed by atoms with Gasteiger partial charge in [-0.25, -0.2) is 0 Å². The first-order valence-electron chi connectivity index (χ1n) is 7.40. The fraction of sp³-hybridized carbons (Fsp3) is 0. The van der Waals surface area contributed by atoms with Gasteiger partial charge in [0.05, 0.1) is 28.8 Å². The second-order valence-electron chi connectivity index (χ2n) is 5.39. The number of nitrogens with one attached hydrogen (secondary N) is 1. The highest BCUT2D eigenvalue weighted by Crippen LogP contribution is 2.32. The van der Waals surface area contributed by atoms with E-state index in [1.54, 1.807) is 24.7 Å². The van der Waals surface area contributed by atoms with E-state index in [4.69, 9.17) is 11.6 Å². The molecule has 0 aliphatic carbocycles. The normalized spacial score (nSPS) is 10.9. The quantitative estimate of drug-likeness (QED) is 0.550. The van der Waals surface area contributed by atoms with Gasteiger partial charge in [-0.1, -0.05) is 41.9 Å². The van der Waals surface area contributed by atoms with Gasteiger partial charge < -0.3 is 4.98 Å². The summed E-state index contributed by atoms with van der Waals surface area (Å²) >= 11 is 6.37. The second-order valence-corrected chi connectivity index (χ2v) is 5.80.